The molecule has 5 heterocycles. The fraction of sp³-hybridized carbons (Fsp3) is 0.429. The van der Waals surface area contributed by atoms with Crippen LogP contribution in [0.3, 0.4) is 0 Å². The predicted octanol–water partition coefficient (Wildman–Crippen LogP) is 7.02. The van der Waals surface area contributed by atoms with Crippen molar-refractivity contribution in [2.45, 2.75) is 72.0 Å². The number of ether oxygens (including phenoxy) is 6. The number of carbonyl (C=O) groups is 4. The largest absolute Gasteiger partial charge is 0.501 e. The van der Waals surface area contributed by atoms with Crippen LogP contribution in [0.25, 0.3) is 33.6 Å². The number of likely N-dealkylation sites (tertiary alicyclic amines) is 1. The van der Waals surface area contributed by atoms with Gasteiger partial charge in [-0.2, -0.15) is 0 Å². The normalized spacial score (nSPS) is 17.0. The van der Waals surface area contributed by atoms with Crippen LogP contribution in [-0.2, 0) is 48.3 Å². The Morgan fingerprint density at radius 2 is 1.39 bits per heavy atom. The number of aromatic nitrogens is 4. The highest BCUT2D eigenvalue weighted by Crippen LogP contribution is 2.51. The van der Waals surface area contributed by atoms with E-state index in [0.29, 0.717) is 53.3 Å². The van der Waals surface area contributed by atoms with Crippen molar-refractivity contribution >= 4 is 24.0 Å². The number of imidazole rings is 2. The quantitative estimate of drug-likeness (QED) is 0.0586. The maximum atomic E-state index is 14.1. The maximum absolute atomic E-state index is 14.1. The van der Waals surface area contributed by atoms with Crippen molar-refractivity contribution in [3.8, 4) is 45.1 Å². The molecule has 67 heavy (non-hydrogen) atoms. The number of H-pyrrole nitrogens is 2. The number of nitrogens with zero attached hydrogens (tertiary/aromatic N) is 4. The summed E-state index contributed by atoms with van der Waals surface area (Å²) in [5, 5.41) is 5.38. The van der Waals surface area contributed by atoms with E-state index in [0.717, 1.165) is 39.1 Å². The van der Waals surface area contributed by atoms with Gasteiger partial charge < -0.3 is 58.8 Å². The first-order valence-corrected chi connectivity index (χ1v) is 22.1. The lowest BCUT2D eigenvalue weighted by Gasteiger charge is -2.31. The highest BCUT2D eigenvalue weighted by atomic mass is 16.5. The molecule has 1 unspecified atom stereocenters. The Balaban J connectivity index is 1.14. The number of methoxy groups -OCH3 is 4. The van der Waals surface area contributed by atoms with Crippen LogP contribution in [0.2, 0.25) is 0 Å². The van der Waals surface area contributed by atoms with E-state index in [1.54, 1.807) is 35.4 Å². The predicted molar refractivity (Wildman–Crippen MR) is 248 cm³/mol. The lowest BCUT2D eigenvalue weighted by Crippen LogP contribution is -2.52. The van der Waals surface area contributed by atoms with Gasteiger partial charge in [-0.3, -0.25) is 9.59 Å². The Kier molecular flexibility index (Phi) is 14.3. The first kappa shape index (κ1) is 47.7. The average molecular weight is 921 g/mol. The second-order valence-corrected chi connectivity index (χ2v) is 17.6. The molecule has 0 saturated carbocycles. The van der Waals surface area contributed by atoms with Crippen molar-refractivity contribution in [1.29, 1.82) is 0 Å². The summed E-state index contributed by atoms with van der Waals surface area (Å²) in [5.74, 6) is 1.95. The van der Waals surface area contributed by atoms with Gasteiger partial charge in [0.25, 0.3) is 0 Å². The van der Waals surface area contributed by atoms with Gasteiger partial charge in [0.1, 0.15) is 48.4 Å². The molecule has 2 aromatic carbocycles. The van der Waals surface area contributed by atoms with Crippen molar-refractivity contribution in [3.05, 3.63) is 96.8 Å². The number of amides is 4. The lowest BCUT2D eigenvalue weighted by molar-refractivity contribution is -0.136. The molecule has 0 aliphatic carbocycles. The Morgan fingerprint density at radius 1 is 0.821 bits per heavy atom. The van der Waals surface area contributed by atoms with Gasteiger partial charge in [0.2, 0.25) is 11.8 Å². The molecule has 0 radical (unpaired) electrons. The molecule has 3 aliphatic rings. The van der Waals surface area contributed by atoms with Crippen LogP contribution in [0.4, 0.5) is 9.59 Å². The van der Waals surface area contributed by atoms with Crippen LogP contribution < -0.4 is 20.1 Å². The first-order chi connectivity index (χ1) is 32.1. The van der Waals surface area contributed by atoms with Crippen molar-refractivity contribution in [2.24, 2.45) is 23.7 Å². The van der Waals surface area contributed by atoms with Gasteiger partial charge in [-0.05, 0) is 42.5 Å². The van der Waals surface area contributed by atoms with Crippen molar-refractivity contribution in [3.63, 3.8) is 0 Å². The molecule has 4 N–H and O–H groups in total. The zero-order valence-electron chi connectivity index (χ0n) is 39.3. The molecule has 356 valence electrons. The average Bonchev–Trinajstić information content (AvgIpc) is 4.12. The maximum Gasteiger partial charge on any atom is 0.407 e. The number of benzene rings is 2. The van der Waals surface area contributed by atoms with Gasteiger partial charge in [-0.1, -0.05) is 46.9 Å². The fourth-order valence-corrected chi connectivity index (χ4v) is 8.86. The molecule has 1 saturated heterocycles. The molecular weight excluding hydrogens is 861 g/mol. The molecule has 18 nitrogen and oxygen atoms in total. The Morgan fingerprint density at radius 3 is 1.93 bits per heavy atom. The lowest BCUT2D eigenvalue weighted by atomic mass is 9.87. The summed E-state index contributed by atoms with van der Waals surface area (Å²) in [6.45, 7) is 20.6. The highest BCUT2D eigenvalue weighted by molar-refractivity contribution is 5.89. The molecule has 0 bridgehead atoms. The molecule has 2 aromatic heterocycles. The van der Waals surface area contributed by atoms with Crippen LogP contribution in [-0.4, -0.2) is 107 Å². The topological polar surface area (TPSA) is 212 Å². The number of nitrogens with one attached hydrogen (secondary N) is 4. The summed E-state index contributed by atoms with van der Waals surface area (Å²) in [6.07, 6.45) is 4.26. The standard InChI is InChI=1S/C49H60N8O10/c1-12-29(27(6)62-8)20-56(46(58)43(25(2)3)54-48(60)64-10)22-40-50-18-35(52-40)30-13-33-23-67-39-17-31(14-34-24-66-38(16-30)41(33)42(34)39)36-19-51-45(53-36)37-15-32(28(7)63-9)21-57(37)47(59)44(26(4)5)55-49(61)65-11/h12-14,16-19,25-26,29,32,37,43-44H,1,6-7,15,20-24H2,2-5,8-11H3,(H,50,52)(H,51,53)(H,54,60)(H,55,61)/t29?,32-,37-,43-,44-/m0/s1. The molecule has 0 spiro atoms. The number of carbonyl (C=O) groups excluding carboxylic acids is 4. The van der Waals surface area contributed by atoms with Crippen LogP contribution in [0.1, 0.15) is 62.9 Å². The van der Waals surface area contributed by atoms with E-state index < -0.39 is 36.2 Å². The monoisotopic (exact) mass is 920 g/mol. The summed E-state index contributed by atoms with van der Waals surface area (Å²) in [6, 6.07) is 5.95. The zero-order chi connectivity index (χ0) is 48.3. The third-order valence-corrected chi connectivity index (χ3v) is 12.7. The van der Waals surface area contributed by atoms with Gasteiger partial charge in [-0.15, -0.1) is 6.58 Å². The molecule has 4 amide bonds. The van der Waals surface area contributed by atoms with E-state index in [4.69, 9.17) is 33.4 Å². The summed E-state index contributed by atoms with van der Waals surface area (Å²) in [5.41, 5.74) is 6.89. The highest BCUT2D eigenvalue weighted by Gasteiger charge is 2.43. The third-order valence-electron chi connectivity index (χ3n) is 12.7. The van der Waals surface area contributed by atoms with Gasteiger partial charge in [-0.25, -0.2) is 19.6 Å². The molecule has 5 atom stereocenters. The smallest absolute Gasteiger partial charge is 0.407 e. The molecule has 1 fully saturated rings. The summed E-state index contributed by atoms with van der Waals surface area (Å²) in [7, 11) is 5.59. The molecule has 18 heteroatoms. The Bertz CT molecular complexity index is 2510. The zero-order valence-corrected chi connectivity index (χ0v) is 39.3. The van der Waals surface area contributed by atoms with Crippen LogP contribution >= 0.6 is 0 Å². The van der Waals surface area contributed by atoms with Crippen molar-refractivity contribution in [1.82, 2.24) is 40.4 Å². The molecule has 4 aromatic rings. The summed E-state index contributed by atoms with van der Waals surface area (Å²) >= 11 is 0. The minimum absolute atomic E-state index is 0.0921. The Hall–Kier alpha value is -7.24. The number of rotatable bonds is 18. The second kappa shape index (κ2) is 20.1. The number of aromatic amines is 2. The molecule has 7 rings (SSSR count). The third kappa shape index (κ3) is 9.83. The molecular formula is C49H60N8O10. The second-order valence-electron chi connectivity index (χ2n) is 17.6. The number of hydrogen-bond acceptors (Lipinski definition) is 12. The van der Waals surface area contributed by atoms with Gasteiger partial charge >= 0.3 is 12.2 Å². The summed E-state index contributed by atoms with van der Waals surface area (Å²) < 4.78 is 33.5. The van der Waals surface area contributed by atoms with Crippen LogP contribution in [0.5, 0.6) is 11.5 Å². The van der Waals surface area contributed by atoms with Gasteiger partial charge in [0.15, 0.2) is 0 Å². The van der Waals surface area contributed by atoms with E-state index in [2.05, 4.69) is 51.4 Å². The molecule has 3 aliphatic heterocycles. The van der Waals surface area contributed by atoms with Crippen LogP contribution in [0.15, 0.2) is 74.0 Å². The van der Waals surface area contributed by atoms with E-state index in [1.165, 1.54) is 21.3 Å². The van der Waals surface area contributed by atoms with Crippen molar-refractivity contribution < 1.29 is 47.6 Å². The van der Waals surface area contributed by atoms with Gasteiger partial charge in [0.05, 0.1) is 82.2 Å². The first-order valence-electron chi connectivity index (χ1n) is 22.1. The fourth-order valence-electron chi connectivity index (χ4n) is 8.86. The van der Waals surface area contributed by atoms with E-state index in [9.17, 15) is 19.2 Å². The SMILES string of the molecule is C=CC(CN(Cc1ncc(-c2cc3c4c(c2)OCc2cc(-c5cnc([C@@H]6C[C@H](C(=C)OC)CN6C(=O)[C@@H](NC(=O)OC)C(C)C)[nH]5)cc(c2-4)OC3)[nH]1)C(=O)[C@@H](NC(=O)OC)C(C)C)C(=C)OC. The van der Waals surface area contributed by atoms with Gasteiger partial charge in [0, 0.05) is 52.4 Å². The van der Waals surface area contributed by atoms with Crippen molar-refractivity contribution in [2.75, 3.05) is 41.5 Å². The van der Waals surface area contributed by atoms with Crippen LogP contribution in [0, 0.1) is 23.7 Å². The summed E-state index contributed by atoms with van der Waals surface area (Å²) in [4.78, 5) is 72.3. The van der Waals surface area contributed by atoms with E-state index >= 15 is 0 Å². The van der Waals surface area contributed by atoms with E-state index in [1.807, 2.05) is 45.9 Å². The number of hydrogen-bond donors (Lipinski definition) is 4. The minimum Gasteiger partial charge on any atom is -0.501 e. The Labute approximate surface area is 390 Å². The van der Waals surface area contributed by atoms with E-state index in [-0.39, 0.29) is 55.9 Å². The number of alkyl carbamates (subject to hydrolysis) is 2. The minimum atomic E-state index is -0.868.